The lowest BCUT2D eigenvalue weighted by atomic mass is 10.3. The molecule has 0 unspecified atom stereocenters. The van der Waals surface area contributed by atoms with Crippen LogP contribution in [0.4, 0.5) is 10.5 Å². The Morgan fingerprint density at radius 3 is 2.75 bits per heavy atom. The van der Waals surface area contributed by atoms with Crippen molar-refractivity contribution in [3.05, 3.63) is 42.5 Å². The van der Waals surface area contributed by atoms with Crippen LogP contribution in [-0.2, 0) is 13.6 Å². The van der Waals surface area contributed by atoms with E-state index < -0.39 is 0 Å². The lowest BCUT2D eigenvalue weighted by Gasteiger charge is -2.23. The van der Waals surface area contributed by atoms with E-state index in [1.165, 1.54) is 0 Å². The Labute approximate surface area is 148 Å². The molecule has 1 heterocycles. The zero-order valence-corrected chi connectivity index (χ0v) is 15.6. The highest BCUT2D eigenvalue weighted by atomic mass is 32.2. The Morgan fingerprint density at radius 2 is 2.12 bits per heavy atom. The molecule has 0 aliphatic heterocycles. The fraction of sp³-hybridized carbons (Fsp3) is 0.444. The maximum atomic E-state index is 12.7. The van der Waals surface area contributed by atoms with E-state index in [1.54, 1.807) is 22.9 Å². The third kappa shape index (κ3) is 5.03. The van der Waals surface area contributed by atoms with Crippen LogP contribution in [0.3, 0.4) is 0 Å². The number of urea groups is 1. The van der Waals surface area contributed by atoms with Crippen molar-refractivity contribution in [1.82, 2.24) is 14.5 Å². The van der Waals surface area contributed by atoms with E-state index in [9.17, 15) is 4.79 Å². The first-order chi connectivity index (χ1) is 11.5. The zero-order chi connectivity index (χ0) is 17.5. The Morgan fingerprint density at radius 1 is 1.38 bits per heavy atom. The van der Waals surface area contributed by atoms with E-state index in [-0.39, 0.29) is 6.03 Å². The summed E-state index contributed by atoms with van der Waals surface area (Å²) in [6, 6.07) is 7.86. The number of aromatic nitrogens is 2. The molecule has 6 heteroatoms. The molecule has 1 aromatic heterocycles. The minimum atomic E-state index is -0.0864. The summed E-state index contributed by atoms with van der Waals surface area (Å²) in [6.45, 7) is 7.56. The number of para-hydroxylation sites is 1. The number of aryl methyl sites for hydroxylation is 1. The number of amides is 2. The van der Waals surface area contributed by atoms with Gasteiger partial charge in [0.05, 0.1) is 12.2 Å². The van der Waals surface area contributed by atoms with Crippen LogP contribution in [0.15, 0.2) is 41.6 Å². The second kappa shape index (κ2) is 8.78. The molecule has 1 N–H and O–H groups in total. The summed E-state index contributed by atoms with van der Waals surface area (Å²) in [7, 11) is 1.94. The van der Waals surface area contributed by atoms with E-state index in [0.717, 1.165) is 22.8 Å². The minimum absolute atomic E-state index is 0.0864. The van der Waals surface area contributed by atoms with Crippen LogP contribution in [-0.4, -0.2) is 32.3 Å². The predicted molar refractivity (Wildman–Crippen MR) is 100 cm³/mol. The normalized spacial score (nSPS) is 10.9. The Balaban J connectivity index is 2.12. The van der Waals surface area contributed by atoms with Gasteiger partial charge in [-0.15, -0.1) is 11.8 Å². The van der Waals surface area contributed by atoms with Crippen molar-refractivity contribution in [2.75, 3.05) is 11.9 Å². The molecule has 2 amide bonds. The van der Waals surface area contributed by atoms with Gasteiger partial charge >= 0.3 is 6.03 Å². The summed E-state index contributed by atoms with van der Waals surface area (Å²) in [5.74, 6) is 0.878. The zero-order valence-electron chi connectivity index (χ0n) is 14.8. The highest BCUT2D eigenvalue weighted by molar-refractivity contribution is 8.00. The second-order valence-electron chi connectivity index (χ2n) is 5.97. The Bertz CT molecular complexity index is 669. The molecule has 2 rings (SSSR count). The fourth-order valence-electron chi connectivity index (χ4n) is 2.36. The van der Waals surface area contributed by atoms with Crippen molar-refractivity contribution < 1.29 is 4.79 Å². The first kappa shape index (κ1) is 18.4. The van der Waals surface area contributed by atoms with Gasteiger partial charge in [-0.3, -0.25) is 0 Å². The van der Waals surface area contributed by atoms with E-state index in [0.29, 0.717) is 18.3 Å². The quantitative estimate of drug-likeness (QED) is 0.758. The molecule has 0 aliphatic carbocycles. The van der Waals surface area contributed by atoms with Gasteiger partial charge in [-0.05, 0) is 18.6 Å². The topological polar surface area (TPSA) is 50.2 Å². The monoisotopic (exact) mass is 346 g/mol. The SMILES string of the molecule is CCCN(Cc1nccn1C)C(=O)Nc1ccccc1SC(C)C. The molecule has 2 aromatic rings. The number of rotatable bonds is 7. The number of carbonyl (C=O) groups is 1. The van der Waals surface area contributed by atoms with Crippen molar-refractivity contribution in [2.24, 2.45) is 7.05 Å². The number of hydrogen-bond donors (Lipinski definition) is 1. The summed E-state index contributed by atoms with van der Waals surface area (Å²) >= 11 is 1.75. The highest BCUT2D eigenvalue weighted by Crippen LogP contribution is 2.30. The fourth-order valence-corrected chi connectivity index (χ4v) is 3.27. The van der Waals surface area contributed by atoms with Crippen LogP contribution in [0, 0.1) is 0 Å². The largest absolute Gasteiger partial charge is 0.337 e. The average Bonchev–Trinajstić information content (AvgIpc) is 2.93. The van der Waals surface area contributed by atoms with E-state index >= 15 is 0 Å². The van der Waals surface area contributed by atoms with Gasteiger partial charge in [0.2, 0.25) is 0 Å². The van der Waals surface area contributed by atoms with Crippen LogP contribution in [0.25, 0.3) is 0 Å². The molecular formula is C18H26N4OS. The number of benzene rings is 1. The molecule has 130 valence electrons. The molecule has 1 aromatic carbocycles. The van der Waals surface area contributed by atoms with Crippen LogP contribution >= 0.6 is 11.8 Å². The lowest BCUT2D eigenvalue weighted by molar-refractivity contribution is 0.207. The van der Waals surface area contributed by atoms with Crippen LogP contribution in [0.5, 0.6) is 0 Å². The Kier molecular flexibility index (Phi) is 6.73. The number of thioether (sulfide) groups is 1. The minimum Gasteiger partial charge on any atom is -0.337 e. The molecule has 0 atom stereocenters. The van der Waals surface area contributed by atoms with Crippen molar-refractivity contribution in [2.45, 2.75) is 43.9 Å². The lowest BCUT2D eigenvalue weighted by Crippen LogP contribution is -2.36. The first-order valence-electron chi connectivity index (χ1n) is 8.29. The maximum Gasteiger partial charge on any atom is 0.322 e. The van der Waals surface area contributed by atoms with E-state index in [1.807, 2.05) is 42.1 Å². The maximum absolute atomic E-state index is 12.7. The highest BCUT2D eigenvalue weighted by Gasteiger charge is 2.17. The standard InChI is InChI=1S/C18H26N4OS/c1-5-11-22(13-17-19-10-12-21(17)4)18(23)20-15-8-6-7-9-16(15)24-14(2)3/h6-10,12,14H,5,11,13H2,1-4H3,(H,20,23). The number of nitrogens with zero attached hydrogens (tertiary/aromatic N) is 3. The van der Waals surface area contributed by atoms with Gasteiger partial charge < -0.3 is 14.8 Å². The molecule has 0 aliphatic rings. The molecule has 24 heavy (non-hydrogen) atoms. The van der Waals surface area contributed by atoms with Gasteiger partial charge in [-0.25, -0.2) is 9.78 Å². The van der Waals surface area contributed by atoms with Crippen LogP contribution in [0.2, 0.25) is 0 Å². The van der Waals surface area contributed by atoms with Crippen LogP contribution in [0.1, 0.15) is 33.0 Å². The summed E-state index contributed by atoms with van der Waals surface area (Å²) < 4.78 is 1.94. The van der Waals surface area contributed by atoms with E-state index in [2.05, 4.69) is 31.1 Å². The molecular weight excluding hydrogens is 320 g/mol. The van der Waals surface area contributed by atoms with Crippen molar-refractivity contribution in [3.63, 3.8) is 0 Å². The van der Waals surface area contributed by atoms with Gasteiger partial charge in [0, 0.05) is 36.1 Å². The van der Waals surface area contributed by atoms with Crippen molar-refractivity contribution in [3.8, 4) is 0 Å². The first-order valence-corrected chi connectivity index (χ1v) is 9.17. The summed E-state index contributed by atoms with van der Waals surface area (Å²) in [5, 5.41) is 3.52. The molecule has 0 fully saturated rings. The number of anilines is 1. The number of hydrogen-bond acceptors (Lipinski definition) is 3. The molecule has 0 radical (unpaired) electrons. The number of carbonyl (C=O) groups excluding carboxylic acids is 1. The molecule has 0 saturated carbocycles. The molecule has 0 bridgehead atoms. The smallest absolute Gasteiger partial charge is 0.322 e. The predicted octanol–water partition coefficient (Wildman–Crippen LogP) is 4.36. The second-order valence-corrected chi connectivity index (χ2v) is 7.59. The summed E-state index contributed by atoms with van der Waals surface area (Å²) in [4.78, 5) is 20.0. The Hall–Kier alpha value is -1.95. The van der Waals surface area contributed by atoms with E-state index in [4.69, 9.17) is 0 Å². The van der Waals surface area contributed by atoms with Gasteiger partial charge in [-0.1, -0.05) is 32.9 Å². The van der Waals surface area contributed by atoms with Gasteiger partial charge in [0.15, 0.2) is 0 Å². The van der Waals surface area contributed by atoms with Crippen LogP contribution < -0.4 is 5.32 Å². The number of nitrogens with one attached hydrogen (secondary N) is 1. The van der Waals surface area contributed by atoms with Crippen molar-refractivity contribution >= 4 is 23.5 Å². The van der Waals surface area contributed by atoms with Gasteiger partial charge in [0.25, 0.3) is 0 Å². The van der Waals surface area contributed by atoms with Gasteiger partial charge in [0.1, 0.15) is 5.82 Å². The summed E-state index contributed by atoms with van der Waals surface area (Å²) in [6.07, 6.45) is 4.55. The molecule has 0 spiro atoms. The molecule has 5 nitrogen and oxygen atoms in total. The third-order valence-electron chi connectivity index (χ3n) is 3.53. The van der Waals surface area contributed by atoms with Gasteiger partial charge in [-0.2, -0.15) is 0 Å². The third-order valence-corrected chi connectivity index (χ3v) is 4.61. The van der Waals surface area contributed by atoms with Crippen molar-refractivity contribution in [1.29, 1.82) is 0 Å². The number of imidazole rings is 1. The summed E-state index contributed by atoms with van der Waals surface area (Å²) in [5.41, 5.74) is 0.863. The molecule has 0 saturated heterocycles. The average molecular weight is 347 g/mol.